The van der Waals surface area contributed by atoms with Crippen molar-refractivity contribution in [1.82, 2.24) is 16.0 Å². The van der Waals surface area contributed by atoms with Gasteiger partial charge in [-0.3, -0.25) is 14.3 Å². The van der Waals surface area contributed by atoms with Gasteiger partial charge >= 0.3 is 0 Å². The number of sulfonamides is 1. The highest BCUT2D eigenvalue weighted by Crippen LogP contribution is 2.21. The predicted molar refractivity (Wildman–Crippen MR) is 189 cm³/mol. The molecule has 0 saturated heterocycles. The van der Waals surface area contributed by atoms with Crippen LogP contribution < -0.4 is 25.4 Å². The Balaban J connectivity index is 1.57. The Morgan fingerprint density at radius 3 is 1.92 bits per heavy atom. The Morgan fingerprint density at radius 2 is 1.33 bits per heavy atom. The van der Waals surface area contributed by atoms with E-state index >= 15 is 0 Å². The molecule has 0 saturated carbocycles. The van der Waals surface area contributed by atoms with Crippen molar-refractivity contribution >= 4 is 27.5 Å². The Kier molecular flexibility index (Phi) is 12.7. The first-order valence-corrected chi connectivity index (χ1v) is 17.5. The number of aliphatic hydroxyl groups is 1. The summed E-state index contributed by atoms with van der Waals surface area (Å²) in [5, 5.41) is 20.6. The number of carbonyl (C=O) groups excluding carboxylic acids is 2. The number of methoxy groups -OCH3 is 1. The number of aliphatic hydroxyl groups excluding tert-OH is 1. The van der Waals surface area contributed by atoms with Gasteiger partial charge in [0.05, 0.1) is 36.7 Å². The van der Waals surface area contributed by atoms with Gasteiger partial charge in [-0.05, 0) is 74.2 Å². The standard InChI is InChI=1S/C37H44N4O6S/c1-5-48(45,46)41-32-22-30(36(43)39-26(3)28-14-10-7-11-15-28)21-31(23-32)37(44)40-34(20-27-12-8-6-9-13-27)35(42)24-38-25(2)29-16-18-33(47-4)19-17-29/h6-19,21-23,25-26,34-35,38,41-42H,5,20,24H2,1-4H3,(H,39,43)(H,40,44)/t25-,26+,34+,35-/m1/s1. The molecule has 0 heterocycles. The molecule has 5 N–H and O–H groups in total. The highest BCUT2D eigenvalue weighted by atomic mass is 32.2. The van der Waals surface area contributed by atoms with E-state index in [1.54, 1.807) is 7.11 Å². The van der Waals surface area contributed by atoms with Gasteiger partial charge in [-0.25, -0.2) is 8.42 Å². The minimum atomic E-state index is -3.71. The molecule has 10 nitrogen and oxygen atoms in total. The van der Waals surface area contributed by atoms with Crippen LogP contribution in [-0.4, -0.2) is 56.9 Å². The average Bonchev–Trinajstić information content (AvgIpc) is 3.10. The van der Waals surface area contributed by atoms with Gasteiger partial charge in [-0.2, -0.15) is 0 Å². The van der Waals surface area contributed by atoms with Crippen LogP contribution in [0.2, 0.25) is 0 Å². The number of ether oxygens (including phenoxy) is 1. The van der Waals surface area contributed by atoms with Crippen LogP contribution in [0.3, 0.4) is 0 Å². The molecule has 0 aromatic heterocycles. The van der Waals surface area contributed by atoms with Crippen molar-refractivity contribution in [3.05, 3.63) is 131 Å². The summed E-state index contributed by atoms with van der Waals surface area (Å²) in [5.74, 6) is -0.491. The third-order valence-electron chi connectivity index (χ3n) is 8.09. The number of nitrogens with one attached hydrogen (secondary N) is 4. The van der Waals surface area contributed by atoms with Gasteiger partial charge in [0.1, 0.15) is 5.75 Å². The van der Waals surface area contributed by atoms with Crippen molar-refractivity contribution in [1.29, 1.82) is 0 Å². The molecule has 0 fully saturated rings. The number of benzene rings is 4. The largest absolute Gasteiger partial charge is 0.497 e. The zero-order valence-electron chi connectivity index (χ0n) is 27.6. The Bertz CT molecular complexity index is 1750. The smallest absolute Gasteiger partial charge is 0.251 e. The van der Waals surface area contributed by atoms with Crippen LogP contribution in [-0.2, 0) is 16.4 Å². The number of carbonyl (C=O) groups is 2. The molecule has 4 rings (SSSR count). The monoisotopic (exact) mass is 672 g/mol. The lowest BCUT2D eigenvalue weighted by molar-refractivity contribution is 0.0825. The summed E-state index contributed by atoms with van der Waals surface area (Å²) in [5.41, 5.74) is 3.05. The molecule has 0 spiro atoms. The molecular formula is C37H44N4O6S. The van der Waals surface area contributed by atoms with E-state index in [0.29, 0.717) is 6.42 Å². The van der Waals surface area contributed by atoms with Crippen LogP contribution in [0.25, 0.3) is 0 Å². The van der Waals surface area contributed by atoms with Crippen LogP contribution in [0.4, 0.5) is 5.69 Å². The van der Waals surface area contributed by atoms with Crippen LogP contribution in [0.15, 0.2) is 103 Å². The molecule has 11 heteroatoms. The lowest BCUT2D eigenvalue weighted by Crippen LogP contribution is -2.49. The normalized spacial score (nSPS) is 13.9. The van der Waals surface area contributed by atoms with Crippen LogP contribution >= 0.6 is 0 Å². The molecule has 0 aliphatic carbocycles. The third-order valence-corrected chi connectivity index (χ3v) is 9.39. The van der Waals surface area contributed by atoms with Crippen molar-refractivity contribution in [3.8, 4) is 5.75 Å². The molecule has 0 unspecified atom stereocenters. The molecular weight excluding hydrogens is 628 g/mol. The van der Waals surface area contributed by atoms with Crippen molar-refractivity contribution < 1.29 is 27.9 Å². The summed E-state index contributed by atoms with van der Waals surface area (Å²) >= 11 is 0. The fraction of sp³-hybridized carbons (Fsp3) is 0.297. The maximum absolute atomic E-state index is 13.8. The van der Waals surface area contributed by atoms with E-state index < -0.39 is 34.0 Å². The molecule has 254 valence electrons. The second kappa shape index (κ2) is 16.9. The average molecular weight is 673 g/mol. The molecule has 0 aliphatic rings. The SMILES string of the molecule is CCS(=O)(=O)Nc1cc(C(=O)N[C@@H](C)c2ccccc2)cc(C(=O)N[C@@H](Cc2ccccc2)[C@H](O)CN[C@H](C)c2ccc(OC)cc2)c1. The lowest BCUT2D eigenvalue weighted by atomic mass is 9.99. The van der Waals surface area contributed by atoms with Crippen LogP contribution in [0.5, 0.6) is 5.75 Å². The molecule has 2 amide bonds. The number of rotatable bonds is 16. The highest BCUT2D eigenvalue weighted by Gasteiger charge is 2.25. The zero-order valence-corrected chi connectivity index (χ0v) is 28.5. The van der Waals surface area contributed by atoms with Gasteiger partial charge in [0.15, 0.2) is 0 Å². The first kappa shape index (κ1) is 36.1. The number of anilines is 1. The first-order valence-electron chi connectivity index (χ1n) is 15.9. The van der Waals surface area contributed by atoms with Crippen LogP contribution in [0, 0.1) is 0 Å². The van der Waals surface area contributed by atoms with Gasteiger partial charge in [-0.1, -0.05) is 72.8 Å². The van der Waals surface area contributed by atoms with E-state index in [-0.39, 0.29) is 41.2 Å². The van der Waals surface area contributed by atoms with E-state index in [1.807, 2.05) is 98.8 Å². The van der Waals surface area contributed by atoms with Crippen molar-refractivity contribution in [2.24, 2.45) is 0 Å². The van der Waals surface area contributed by atoms with Crippen molar-refractivity contribution in [3.63, 3.8) is 0 Å². The van der Waals surface area contributed by atoms with Crippen LogP contribution in [0.1, 0.15) is 70.3 Å². The minimum Gasteiger partial charge on any atom is -0.497 e. The molecule has 48 heavy (non-hydrogen) atoms. The van der Waals surface area contributed by atoms with E-state index in [9.17, 15) is 23.1 Å². The summed E-state index contributed by atoms with van der Waals surface area (Å²) < 4.78 is 32.6. The van der Waals surface area contributed by atoms with E-state index in [4.69, 9.17) is 4.74 Å². The second-order valence-corrected chi connectivity index (χ2v) is 13.7. The summed E-state index contributed by atoms with van der Waals surface area (Å²) in [4.78, 5) is 27.2. The third kappa shape index (κ3) is 10.4. The van der Waals surface area contributed by atoms with Gasteiger partial charge in [-0.15, -0.1) is 0 Å². The molecule has 4 aromatic rings. The van der Waals surface area contributed by atoms with Crippen molar-refractivity contribution in [2.75, 3.05) is 24.1 Å². The molecule has 0 aliphatic heterocycles. The maximum Gasteiger partial charge on any atom is 0.251 e. The Hall–Kier alpha value is -4.71. The second-order valence-electron chi connectivity index (χ2n) is 11.7. The molecule has 4 aromatic carbocycles. The maximum atomic E-state index is 13.8. The van der Waals surface area contributed by atoms with Gasteiger partial charge < -0.3 is 25.8 Å². The molecule has 0 radical (unpaired) electrons. The molecule has 0 bridgehead atoms. The van der Waals surface area contributed by atoms with E-state index in [2.05, 4.69) is 20.7 Å². The minimum absolute atomic E-state index is 0.0636. The van der Waals surface area contributed by atoms with Crippen molar-refractivity contribution in [2.45, 2.75) is 51.4 Å². The Morgan fingerprint density at radius 1 is 0.771 bits per heavy atom. The fourth-order valence-electron chi connectivity index (χ4n) is 5.16. The quantitative estimate of drug-likeness (QED) is 0.113. The number of hydrogen-bond donors (Lipinski definition) is 5. The predicted octanol–water partition coefficient (Wildman–Crippen LogP) is 5.00. The zero-order chi connectivity index (χ0) is 34.7. The van der Waals surface area contributed by atoms with Gasteiger partial charge in [0.25, 0.3) is 11.8 Å². The number of hydrogen-bond acceptors (Lipinski definition) is 7. The molecule has 4 atom stereocenters. The fourth-order valence-corrected chi connectivity index (χ4v) is 5.78. The summed E-state index contributed by atoms with van der Waals surface area (Å²) in [6.45, 7) is 5.48. The first-order chi connectivity index (χ1) is 23.0. The summed E-state index contributed by atoms with van der Waals surface area (Å²) in [7, 11) is -2.10. The summed E-state index contributed by atoms with van der Waals surface area (Å²) in [6, 6.07) is 29.6. The van der Waals surface area contributed by atoms with Gasteiger partial charge in [0.2, 0.25) is 10.0 Å². The summed E-state index contributed by atoms with van der Waals surface area (Å²) in [6.07, 6.45) is -0.665. The number of amides is 2. The van der Waals surface area contributed by atoms with E-state index in [1.165, 1.54) is 25.1 Å². The topological polar surface area (TPSA) is 146 Å². The van der Waals surface area contributed by atoms with E-state index in [0.717, 1.165) is 22.4 Å². The van der Waals surface area contributed by atoms with Gasteiger partial charge in [0, 0.05) is 23.7 Å². The Labute approximate surface area is 283 Å². The highest BCUT2D eigenvalue weighted by molar-refractivity contribution is 7.92. The lowest BCUT2D eigenvalue weighted by Gasteiger charge is -2.26.